The molecule has 0 bridgehead atoms. The standard InChI is InChI=1S/C26H30N4O3/c1-18(29-25(31)26(17-27)10-11-26)20-4-6-22(7-5-20)33-23-9-13-30(15-23)21-8-12-28-24(14-21)32-16-19-2-3-19/h4-8,12,14,18-19,23H,2-3,9-11,13,15-16H2,1H3,(H,29,31)/t18-,23?/m0/s1. The van der Waals surface area contributed by atoms with Crippen LogP contribution in [0.4, 0.5) is 5.69 Å². The summed E-state index contributed by atoms with van der Waals surface area (Å²) in [6, 6.07) is 13.9. The van der Waals surface area contributed by atoms with Gasteiger partial charge in [-0.3, -0.25) is 4.79 Å². The molecule has 0 radical (unpaired) electrons. The molecule has 1 aliphatic heterocycles. The molecule has 2 heterocycles. The van der Waals surface area contributed by atoms with E-state index in [0.717, 1.165) is 43.1 Å². The lowest BCUT2D eigenvalue weighted by Gasteiger charge is -2.20. The number of amides is 1. The van der Waals surface area contributed by atoms with E-state index in [1.807, 2.05) is 49.5 Å². The molecule has 0 spiro atoms. The molecule has 1 unspecified atom stereocenters. The third-order valence-electron chi connectivity index (χ3n) is 6.82. The minimum Gasteiger partial charge on any atom is -0.489 e. The van der Waals surface area contributed by atoms with Crippen molar-refractivity contribution in [3.63, 3.8) is 0 Å². The molecule has 7 heteroatoms. The van der Waals surface area contributed by atoms with Crippen LogP contribution in [0.15, 0.2) is 42.6 Å². The van der Waals surface area contributed by atoms with Crippen molar-refractivity contribution in [2.75, 3.05) is 24.6 Å². The Hall–Kier alpha value is -3.27. The predicted molar refractivity (Wildman–Crippen MR) is 124 cm³/mol. The Bertz CT molecular complexity index is 1040. The van der Waals surface area contributed by atoms with Crippen LogP contribution in [0.1, 0.15) is 50.6 Å². The zero-order valence-corrected chi connectivity index (χ0v) is 19.0. The molecule has 2 atom stereocenters. The van der Waals surface area contributed by atoms with E-state index in [4.69, 9.17) is 9.47 Å². The summed E-state index contributed by atoms with van der Waals surface area (Å²) < 4.78 is 12.0. The molecule has 3 fully saturated rings. The van der Waals surface area contributed by atoms with Crippen LogP contribution in [0.3, 0.4) is 0 Å². The molecule has 7 nitrogen and oxygen atoms in total. The van der Waals surface area contributed by atoms with Crippen LogP contribution in [0, 0.1) is 22.7 Å². The molecule has 172 valence electrons. The molecular formula is C26H30N4O3. The second kappa shape index (κ2) is 8.93. The van der Waals surface area contributed by atoms with Crippen molar-refractivity contribution in [2.45, 2.75) is 51.2 Å². The molecule has 1 saturated heterocycles. The summed E-state index contributed by atoms with van der Waals surface area (Å²) in [5, 5.41) is 12.2. The van der Waals surface area contributed by atoms with Crippen LogP contribution in [0.5, 0.6) is 11.6 Å². The average molecular weight is 447 g/mol. The van der Waals surface area contributed by atoms with Crippen LogP contribution in [0.2, 0.25) is 0 Å². The maximum absolute atomic E-state index is 12.3. The monoisotopic (exact) mass is 446 g/mol. The van der Waals surface area contributed by atoms with E-state index in [0.29, 0.717) is 24.6 Å². The Morgan fingerprint density at radius 3 is 2.76 bits per heavy atom. The van der Waals surface area contributed by atoms with Gasteiger partial charge in [-0.2, -0.15) is 5.26 Å². The quantitative estimate of drug-likeness (QED) is 0.626. The number of rotatable bonds is 9. The molecule has 1 amide bonds. The van der Waals surface area contributed by atoms with E-state index < -0.39 is 5.41 Å². The highest BCUT2D eigenvalue weighted by atomic mass is 16.5. The number of benzene rings is 1. The van der Waals surface area contributed by atoms with E-state index in [2.05, 4.69) is 21.3 Å². The molecule has 2 aliphatic carbocycles. The smallest absolute Gasteiger partial charge is 0.240 e. The van der Waals surface area contributed by atoms with Crippen LogP contribution in [-0.2, 0) is 4.79 Å². The molecule has 5 rings (SSSR count). The van der Waals surface area contributed by atoms with Gasteiger partial charge in [0.15, 0.2) is 0 Å². The first-order valence-electron chi connectivity index (χ1n) is 11.9. The Kier molecular flexibility index (Phi) is 5.84. The number of carbonyl (C=O) groups is 1. The number of nitrogens with one attached hydrogen (secondary N) is 1. The normalized spacial score (nSPS) is 21.7. The van der Waals surface area contributed by atoms with E-state index in [1.165, 1.54) is 12.8 Å². The first-order chi connectivity index (χ1) is 16.0. The second-order valence-electron chi connectivity index (χ2n) is 9.54. The van der Waals surface area contributed by atoms with Gasteiger partial charge < -0.3 is 19.7 Å². The second-order valence-corrected chi connectivity index (χ2v) is 9.54. The SMILES string of the molecule is C[C@H](NC(=O)C1(C#N)CC1)c1ccc(OC2CCN(c3ccnc(OCC4CC4)c3)C2)cc1. The highest BCUT2D eigenvalue weighted by Gasteiger charge is 2.50. The van der Waals surface area contributed by atoms with Crippen LogP contribution < -0.4 is 19.7 Å². The lowest BCUT2D eigenvalue weighted by atomic mass is 10.1. The van der Waals surface area contributed by atoms with Gasteiger partial charge in [0.25, 0.3) is 0 Å². The molecular weight excluding hydrogens is 416 g/mol. The van der Waals surface area contributed by atoms with Crippen molar-refractivity contribution in [1.29, 1.82) is 5.26 Å². The zero-order valence-electron chi connectivity index (χ0n) is 19.0. The van der Waals surface area contributed by atoms with Gasteiger partial charge in [0.2, 0.25) is 11.8 Å². The first kappa shape index (κ1) is 21.6. The van der Waals surface area contributed by atoms with Gasteiger partial charge in [-0.1, -0.05) is 12.1 Å². The van der Waals surface area contributed by atoms with Gasteiger partial charge >= 0.3 is 0 Å². The summed E-state index contributed by atoms with van der Waals surface area (Å²) in [7, 11) is 0. The highest BCUT2D eigenvalue weighted by Crippen LogP contribution is 2.45. The summed E-state index contributed by atoms with van der Waals surface area (Å²) in [6.45, 7) is 4.45. The highest BCUT2D eigenvalue weighted by molar-refractivity contribution is 5.88. The third-order valence-corrected chi connectivity index (χ3v) is 6.82. The van der Waals surface area contributed by atoms with Crippen molar-refractivity contribution >= 4 is 11.6 Å². The van der Waals surface area contributed by atoms with Crippen molar-refractivity contribution in [1.82, 2.24) is 10.3 Å². The predicted octanol–water partition coefficient (Wildman–Crippen LogP) is 4.01. The zero-order chi connectivity index (χ0) is 22.8. The van der Waals surface area contributed by atoms with Gasteiger partial charge in [-0.05, 0) is 62.3 Å². The van der Waals surface area contributed by atoms with Crippen molar-refractivity contribution in [2.24, 2.45) is 11.3 Å². The van der Waals surface area contributed by atoms with Crippen LogP contribution in [0.25, 0.3) is 0 Å². The summed E-state index contributed by atoms with van der Waals surface area (Å²) in [5.41, 5.74) is 1.31. The Morgan fingerprint density at radius 2 is 2.06 bits per heavy atom. The van der Waals surface area contributed by atoms with Crippen LogP contribution >= 0.6 is 0 Å². The topological polar surface area (TPSA) is 87.5 Å². The Balaban J connectivity index is 1.13. The number of ether oxygens (including phenoxy) is 2. The van der Waals surface area contributed by atoms with Gasteiger partial charge in [-0.25, -0.2) is 4.98 Å². The number of hydrogen-bond acceptors (Lipinski definition) is 6. The number of carbonyl (C=O) groups excluding carboxylic acids is 1. The van der Waals surface area contributed by atoms with E-state index in [9.17, 15) is 10.1 Å². The average Bonchev–Trinajstić information content (AvgIpc) is 3.77. The van der Waals surface area contributed by atoms with Gasteiger partial charge in [-0.15, -0.1) is 0 Å². The fraction of sp³-hybridized carbons (Fsp3) is 0.500. The maximum Gasteiger partial charge on any atom is 0.240 e. The number of nitrogens with zero attached hydrogens (tertiary/aromatic N) is 3. The Morgan fingerprint density at radius 1 is 1.27 bits per heavy atom. The molecule has 1 N–H and O–H groups in total. The summed E-state index contributed by atoms with van der Waals surface area (Å²) in [5.74, 6) is 2.06. The number of anilines is 1. The van der Waals surface area contributed by atoms with Crippen molar-refractivity contribution in [3.05, 3.63) is 48.2 Å². The third kappa shape index (κ3) is 5.05. The van der Waals surface area contributed by atoms with E-state index in [-0.39, 0.29) is 18.1 Å². The largest absolute Gasteiger partial charge is 0.489 e. The van der Waals surface area contributed by atoms with Gasteiger partial charge in [0.1, 0.15) is 17.3 Å². The Labute approximate surface area is 194 Å². The van der Waals surface area contributed by atoms with Crippen LogP contribution in [-0.4, -0.2) is 36.7 Å². The van der Waals surface area contributed by atoms with Gasteiger partial charge in [0, 0.05) is 30.9 Å². The molecule has 2 saturated carbocycles. The molecule has 33 heavy (non-hydrogen) atoms. The molecule has 1 aromatic carbocycles. The summed E-state index contributed by atoms with van der Waals surface area (Å²) in [6.07, 6.45) is 6.71. The fourth-order valence-electron chi connectivity index (χ4n) is 4.18. The lowest BCUT2D eigenvalue weighted by molar-refractivity contribution is -0.125. The molecule has 3 aliphatic rings. The van der Waals surface area contributed by atoms with E-state index in [1.54, 1.807) is 0 Å². The minimum atomic E-state index is -0.801. The lowest BCUT2D eigenvalue weighted by Crippen LogP contribution is -2.33. The number of hydrogen-bond donors (Lipinski definition) is 1. The van der Waals surface area contributed by atoms with E-state index >= 15 is 0 Å². The fourth-order valence-corrected chi connectivity index (χ4v) is 4.18. The minimum absolute atomic E-state index is 0.113. The number of pyridine rings is 1. The summed E-state index contributed by atoms with van der Waals surface area (Å²) >= 11 is 0. The summed E-state index contributed by atoms with van der Waals surface area (Å²) in [4.78, 5) is 18.9. The number of aromatic nitrogens is 1. The number of nitriles is 1. The molecule has 2 aromatic rings. The maximum atomic E-state index is 12.3. The van der Waals surface area contributed by atoms with Crippen molar-refractivity contribution in [3.8, 4) is 17.7 Å². The van der Waals surface area contributed by atoms with Gasteiger partial charge in [0.05, 0.1) is 25.3 Å². The van der Waals surface area contributed by atoms with Crippen molar-refractivity contribution < 1.29 is 14.3 Å². The first-order valence-corrected chi connectivity index (χ1v) is 11.9. The molecule has 1 aromatic heterocycles.